The first-order valence-electron chi connectivity index (χ1n) is 8.67. The number of aliphatic hydroxyl groups excluding tert-OH is 1. The van der Waals surface area contributed by atoms with Crippen LogP contribution in [0.2, 0.25) is 0 Å². The Morgan fingerprint density at radius 3 is 2.54 bits per heavy atom. The number of hydrogen-bond donors (Lipinski definition) is 3. The van der Waals surface area contributed by atoms with E-state index in [9.17, 15) is 4.79 Å². The predicted molar refractivity (Wildman–Crippen MR) is 105 cm³/mol. The van der Waals surface area contributed by atoms with Crippen LogP contribution in [-0.2, 0) is 11.3 Å². The SMILES string of the molecule is Cc1cc(C)c(NC(=O)Cn2c(NCCO)nc3ccccc32)c(C)c1. The molecule has 0 atom stereocenters. The average molecular weight is 352 g/mol. The van der Waals surface area contributed by atoms with Gasteiger partial charge in [0.1, 0.15) is 6.54 Å². The number of carbonyl (C=O) groups is 1. The highest BCUT2D eigenvalue weighted by Crippen LogP contribution is 2.23. The molecule has 1 amide bonds. The Morgan fingerprint density at radius 1 is 1.15 bits per heavy atom. The molecule has 0 spiro atoms. The van der Waals surface area contributed by atoms with Crippen LogP contribution < -0.4 is 10.6 Å². The molecule has 3 aromatic rings. The molecule has 0 radical (unpaired) electrons. The van der Waals surface area contributed by atoms with Gasteiger partial charge in [-0.3, -0.25) is 4.79 Å². The number of imidazole rings is 1. The Bertz CT molecular complexity index is 923. The first kappa shape index (κ1) is 17.9. The van der Waals surface area contributed by atoms with Gasteiger partial charge in [0.25, 0.3) is 0 Å². The average Bonchev–Trinajstić information content (AvgIpc) is 2.94. The highest BCUT2D eigenvalue weighted by molar-refractivity contribution is 5.93. The lowest BCUT2D eigenvalue weighted by Gasteiger charge is -2.14. The lowest BCUT2D eigenvalue weighted by Crippen LogP contribution is -2.21. The van der Waals surface area contributed by atoms with Crippen LogP contribution >= 0.6 is 0 Å². The maximum absolute atomic E-state index is 12.7. The summed E-state index contributed by atoms with van der Waals surface area (Å²) in [6.07, 6.45) is 0. The van der Waals surface area contributed by atoms with Crippen molar-refractivity contribution in [1.29, 1.82) is 0 Å². The van der Waals surface area contributed by atoms with Gasteiger partial charge in [0.2, 0.25) is 11.9 Å². The molecule has 2 aromatic carbocycles. The lowest BCUT2D eigenvalue weighted by molar-refractivity contribution is -0.116. The summed E-state index contributed by atoms with van der Waals surface area (Å²) in [5, 5.41) is 15.2. The second-order valence-electron chi connectivity index (χ2n) is 6.48. The largest absolute Gasteiger partial charge is 0.395 e. The number of aromatic nitrogens is 2. The summed E-state index contributed by atoms with van der Waals surface area (Å²) in [4.78, 5) is 17.2. The van der Waals surface area contributed by atoms with Crippen LogP contribution in [-0.4, -0.2) is 33.7 Å². The molecule has 3 N–H and O–H groups in total. The Hall–Kier alpha value is -2.86. The van der Waals surface area contributed by atoms with Gasteiger partial charge in [0.05, 0.1) is 17.6 Å². The molecule has 0 bridgehead atoms. The number of aryl methyl sites for hydroxylation is 3. The lowest BCUT2D eigenvalue weighted by atomic mass is 10.1. The minimum Gasteiger partial charge on any atom is -0.395 e. The summed E-state index contributed by atoms with van der Waals surface area (Å²) in [5.74, 6) is 0.461. The molecule has 0 saturated heterocycles. The van der Waals surface area contributed by atoms with Crippen molar-refractivity contribution in [1.82, 2.24) is 9.55 Å². The molecule has 6 heteroatoms. The maximum Gasteiger partial charge on any atom is 0.244 e. The van der Waals surface area contributed by atoms with E-state index in [1.54, 1.807) is 0 Å². The second-order valence-corrected chi connectivity index (χ2v) is 6.48. The smallest absolute Gasteiger partial charge is 0.244 e. The number of para-hydroxylation sites is 2. The number of nitrogens with one attached hydrogen (secondary N) is 2. The highest BCUT2D eigenvalue weighted by Gasteiger charge is 2.15. The van der Waals surface area contributed by atoms with Gasteiger partial charge >= 0.3 is 0 Å². The fourth-order valence-electron chi connectivity index (χ4n) is 3.24. The van der Waals surface area contributed by atoms with Crippen molar-refractivity contribution in [3.05, 3.63) is 53.1 Å². The summed E-state index contributed by atoms with van der Waals surface area (Å²) < 4.78 is 1.83. The Labute approximate surface area is 152 Å². The monoisotopic (exact) mass is 352 g/mol. The number of benzene rings is 2. The van der Waals surface area contributed by atoms with E-state index in [4.69, 9.17) is 5.11 Å². The quantitative estimate of drug-likeness (QED) is 0.637. The van der Waals surface area contributed by atoms with E-state index in [1.165, 1.54) is 5.56 Å². The fraction of sp³-hybridized carbons (Fsp3) is 0.300. The van der Waals surface area contributed by atoms with Crippen LogP contribution in [0.1, 0.15) is 16.7 Å². The van der Waals surface area contributed by atoms with Crippen molar-refractivity contribution in [3.8, 4) is 0 Å². The molecular weight excluding hydrogens is 328 g/mol. The number of amides is 1. The topological polar surface area (TPSA) is 79.2 Å². The van der Waals surface area contributed by atoms with E-state index in [2.05, 4.69) is 27.8 Å². The van der Waals surface area contributed by atoms with Crippen LogP contribution in [0.25, 0.3) is 11.0 Å². The van der Waals surface area contributed by atoms with Crippen molar-refractivity contribution in [2.45, 2.75) is 27.3 Å². The number of fused-ring (bicyclic) bond motifs is 1. The number of carbonyl (C=O) groups excluding carboxylic acids is 1. The molecular formula is C20H24N4O2. The standard InChI is InChI=1S/C20H24N4O2/c1-13-10-14(2)19(15(3)11-13)23-18(26)12-24-17-7-5-4-6-16(17)22-20(24)21-8-9-25/h4-7,10-11,25H,8-9,12H2,1-3H3,(H,21,22)(H,23,26). The fourth-order valence-corrected chi connectivity index (χ4v) is 3.24. The summed E-state index contributed by atoms with van der Waals surface area (Å²) in [5.41, 5.74) is 5.81. The van der Waals surface area contributed by atoms with Crippen molar-refractivity contribution in [2.75, 3.05) is 23.8 Å². The van der Waals surface area contributed by atoms with Gasteiger partial charge in [-0.15, -0.1) is 0 Å². The maximum atomic E-state index is 12.7. The third-order valence-corrected chi connectivity index (χ3v) is 4.29. The summed E-state index contributed by atoms with van der Waals surface area (Å²) >= 11 is 0. The van der Waals surface area contributed by atoms with E-state index >= 15 is 0 Å². The molecule has 6 nitrogen and oxygen atoms in total. The van der Waals surface area contributed by atoms with E-state index in [-0.39, 0.29) is 19.1 Å². The zero-order valence-electron chi connectivity index (χ0n) is 15.3. The van der Waals surface area contributed by atoms with Crippen molar-refractivity contribution in [2.24, 2.45) is 0 Å². The molecule has 136 valence electrons. The van der Waals surface area contributed by atoms with Crippen molar-refractivity contribution < 1.29 is 9.90 Å². The van der Waals surface area contributed by atoms with E-state index in [1.807, 2.05) is 49.6 Å². The van der Waals surface area contributed by atoms with Gasteiger partial charge in [0, 0.05) is 12.2 Å². The first-order valence-corrected chi connectivity index (χ1v) is 8.67. The van der Waals surface area contributed by atoms with Crippen LogP contribution in [0, 0.1) is 20.8 Å². The molecule has 0 aliphatic carbocycles. The van der Waals surface area contributed by atoms with Crippen LogP contribution in [0.3, 0.4) is 0 Å². The zero-order valence-corrected chi connectivity index (χ0v) is 15.3. The Balaban J connectivity index is 1.87. The Kier molecular flexibility index (Phi) is 5.23. The molecule has 0 unspecified atom stereocenters. The molecule has 1 aromatic heterocycles. The predicted octanol–water partition coefficient (Wildman–Crippen LogP) is 3.00. The number of hydrogen-bond acceptors (Lipinski definition) is 4. The zero-order chi connectivity index (χ0) is 18.7. The van der Waals surface area contributed by atoms with E-state index < -0.39 is 0 Å². The third-order valence-electron chi connectivity index (χ3n) is 4.29. The third kappa shape index (κ3) is 3.70. The van der Waals surface area contributed by atoms with Gasteiger partial charge in [0.15, 0.2) is 0 Å². The number of rotatable bonds is 6. The summed E-state index contributed by atoms with van der Waals surface area (Å²) in [7, 11) is 0. The van der Waals surface area contributed by atoms with Gasteiger partial charge in [-0.2, -0.15) is 0 Å². The molecule has 1 heterocycles. The van der Waals surface area contributed by atoms with Crippen molar-refractivity contribution >= 4 is 28.6 Å². The first-order chi connectivity index (χ1) is 12.5. The molecule has 3 rings (SSSR count). The summed E-state index contributed by atoms with van der Waals surface area (Å²) in [6, 6.07) is 11.8. The summed E-state index contributed by atoms with van der Waals surface area (Å²) in [6.45, 7) is 6.55. The number of aliphatic hydroxyl groups is 1. The van der Waals surface area contributed by atoms with Gasteiger partial charge in [-0.1, -0.05) is 29.8 Å². The molecule has 26 heavy (non-hydrogen) atoms. The normalized spacial score (nSPS) is 10.9. The highest BCUT2D eigenvalue weighted by atomic mass is 16.3. The van der Waals surface area contributed by atoms with E-state index in [0.29, 0.717) is 12.5 Å². The van der Waals surface area contributed by atoms with Crippen LogP contribution in [0.15, 0.2) is 36.4 Å². The van der Waals surface area contributed by atoms with Gasteiger partial charge < -0.3 is 20.3 Å². The van der Waals surface area contributed by atoms with Gasteiger partial charge in [-0.05, 0) is 44.0 Å². The minimum atomic E-state index is -0.116. The van der Waals surface area contributed by atoms with Crippen molar-refractivity contribution in [3.63, 3.8) is 0 Å². The number of nitrogens with zero attached hydrogens (tertiary/aromatic N) is 2. The van der Waals surface area contributed by atoms with Gasteiger partial charge in [-0.25, -0.2) is 4.98 Å². The van der Waals surface area contributed by atoms with Crippen LogP contribution in [0.4, 0.5) is 11.6 Å². The molecule has 0 saturated carbocycles. The van der Waals surface area contributed by atoms with E-state index in [0.717, 1.165) is 27.8 Å². The number of anilines is 2. The second kappa shape index (κ2) is 7.58. The van der Waals surface area contributed by atoms with Crippen LogP contribution in [0.5, 0.6) is 0 Å². The molecule has 0 aliphatic heterocycles. The molecule has 0 fully saturated rings. The Morgan fingerprint density at radius 2 is 1.85 bits per heavy atom. The molecule has 0 aliphatic rings. The minimum absolute atomic E-state index is 0.00282.